The van der Waals surface area contributed by atoms with Gasteiger partial charge in [-0.25, -0.2) is 17.5 Å². The number of rotatable bonds is 7. The van der Waals surface area contributed by atoms with Crippen molar-refractivity contribution in [3.63, 3.8) is 0 Å². The Labute approximate surface area is 233 Å². The first-order valence-corrected chi connectivity index (χ1v) is 14.8. The van der Waals surface area contributed by atoms with Gasteiger partial charge in [-0.1, -0.05) is 59.6 Å². The van der Waals surface area contributed by atoms with Crippen LogP contribution >= 0.6 is 23.2 Å². The van der Waals surface area contributed by atoms with Crippen LogP contribution in [0.15, 0.2) is 66.7 Å². The number of anilines is 1. The van der Waals surface area contributed by atoms with Gasteiger partial charge in [-0.15, -0.1) is 0 Å². The fourth-order valence-corrected chi connectivity index (χ4v) is 6.26. The average Bonchev–Trinajstić information content (AvgIpc) is 2.88. The molecule has 1 unspecified atom stereocenters. The van der Waals surface area contributed by atoms with Crippen molar-refractivity contribution in [1.29, 1.82) is 5.26 Å². The molecule has 0 aliphatic carbocycles. The summed E-state index contributed by atoms with van der Waals surface area (Å²) in [6.45, 7) is 1.27. The molecule has 0 radical (unpaired) electrons. The number of amides is 2. The van der Waals surface area contributed by atoms with Gasteiger partial charge in [0.05, 0.1) is 17.9 Å². The number of halogens is 2. The summed E-state index contributed by atoms with van der Waals surface area (Å²) in [4.78, 5) is 12.7. The number of hydrogen-bond acceptors (Lipinski definition) is 4. The van der Waals surface area contributed by atoms with E-state index < -0.39 is 10.0 Å². The molecule has 2 N–H and O–H groups in total. The summed E-state index contributed by atoms with van der Waals surface area (Å²) < 4.78 is 25.5. The van der Waals surface area contributed by atoms with E-state index >= 15 is 0 Å². The van der Waals surface area contributed by atoms with Gasteiger partial charge in [0.25, 0.3) is 0 Å². The van der Waals surface area contributed by atoms with Crippen LogP contribution in [0.3, 0.4) is 0 Å². The van der Waals surface area contributed by atoms with Crippen LogP contribution in [0.1, 0.15) is 29.9 Å². The number of carbonyl (C=O) groups excluding carboxylic acids is 1. The minimum Gasteiger partial charge on any atom is -0.337 e. The molecule has 0 spiro atoms. The number of carbonyl (C=O) groups is 1. The van der Waals surface area contributed by atoms with E-state index in [0.717, 1.165) is 16.7 Å². The van der Waals surface area contributed by atoms with E-state index in [-0.39, 0.29) is 17.9 Å². The Kier molecular flexibility index (Phi) is 8.95. The van der Waals surface area contributed by atoms with Crippen LogP contribution in [0.5, 0.6) is 0 Å². The molecule has 3 aromatic rings. The van der Waals surface area contributed by atoms with Crippen LogP contribution < -0.4 is 10.6 Å². The lowest BCUT2D eigenvalue weighted by Crippen LogP contribution is -2.41. The van der Waals surface area contributed by atoms with Crippen molar-refractivity contribution in [3.05, 3.63) is 87.9 Å². The van der Waals surface area contributed by atoms with Gasteiger partial charge in [0.2, 0.25) is 10.0 Å². The van der Waals surface area contributed by atoms with Crippen LogP contribution in [-0.4, -0.2) is 44.6 Å². The van der Waals surface area contributed by atoms with Gasteiger partial charge in [-0.2, -0.15) is 5.26 Å². The molecular formula is C28H28Cl2N4O3S. The molecule has 7 nitrogen and oxygen atoms in total. The van der Waals surface area contributed by atoms with E-state index in [2.05, 4.69) is 16.7 Å². The molecule has 0 saturated carbocycles. The molecular weight excluding hydrogens is 543 g/mol. The standard InChI is InChI=1S/C28H28Cl2N4O3S/c1-38(36,37)34-11-9-22(10-12-34)27(18-32-28(35)33-26-15-24(29)14-25(30)16-26)21-7-5-20(6-8-21)23-4-2-3-19(13-23)17-31/h2-8,13-16,22,27H,9-12,18H2,1H3,(H2,32,33,35). The van der Waals surface area contributed by atoms with Crippen molar-refractivity contribution in [3.8, 4) is 17.2 Å². The van der Waals surface area contributed by atoms with Gasteiger partial charge in [0.1, 0.15) is 0 Å². The van der Waals surface area contributed by atoms with E-state index in [1.807, 2.05) is 42.5 Å². The molecule has 1 aliphatic rings. The fourth-order valence-electron chi connectivity index (χ4n) is 4.86. The second kappa shape index (κ2) is 12.2. The highest BCUT2D eigenvalue weighted by atomic mass is 35.5. The highest BCUT2D eigenvalue weighted by Gasteiger charge is 2.31. The van der Waals surface area contributed by atoms with Crippen molar-refractivity contribution < 1.29 is 13.2 Å². The summed E-state index contributed by atoms with van der Waals surface area (Å²) in [7, 11) is -3.24. The van der Waals surface area contributed by atoms with Crippen LogP contribution in [0, 0.1) is 17.2 Å². The van der Waals surface area contributed by atoms with E-state index in [0.29, 0.717) is 53.8 Å². The first kappa shape index (κ1) is 27.9. The minimum absolute atomic E-state index is 0.0232. The molecule has 0 aromatic heterocycles. The summed E-state index contributed by atoms with van der Waals surface area (Å²) in [5.74, 6) is 0.159. The highest BCUT2D eigenvalue weighted by molar-refractivity contribution is 7.88. The number of nitriles is 1. The Morgan fingerprint density at radius 1 is 1.03 bits per heavy atom. The van der Waals surface area contributed by atoms with Crippen LogP contribution in [0.4, 0.5) is 10.5 Å². The Hall–Kier alpha value is -3.09. The lowest BCUT2D eigenvalue weighted by atomic mass is 9.80. The van der Waals surface area contributed by atoms with Gasteiger partial charge in [-0.05, 0) is 65.8 Å². The molecule has 4 rings (SSSR count). The maximum Gasteiger partial charge on any atom is 0.319 e. The molecule has 1 atom stereocenters. The van der Waals surface area contributed by atoms with Crippen molar-refractivity contribution in [2.75, 3.05) is 31.2 Å². The molecule has 10 heteroatoms. The number of nitrogens with zero attached hydrogens (tertiary/aromatic N) is 2. The first-order chi connectivity index (χ1) is 18.1. The van der Waals surface area contributed by atoms with Gasteiger partial charge >= 0.3 is 6.03 Å². The molecule has 3 aromatic carbocycles. The van der Waals surface area contributed by atoms with Gasteiger partial charge in [-0.3, -0.25) is 0 Å². The molecule has 198 valence electrons. The van der Waals surface area contributed by atoms with Crippen molar-refractivity contribution in [1.82, 2.24) is 9.62 Å². The van der Waals surface area contributed by atoms with Gasteiger partial charge in [0.15, 0.2) is 0 Å². The van der Waals surface area contributed by atoms with E-state index in [1.54, 1.807) is 24.3 Å². The lowest BCUT2D eigenvalue weighted by Gasteiger charge is -2.35. The number of piperidine rings is 1. The molecule has 1 saturated heterocycles. The van der Waals surface area contributed by atoms with Crippen LogP contribution in [0.2, 0.25) is 10.0 Å². The Morgan fingerprint density at radius 2 is 1.68 bits per heavy atom. The SMILES string of the molecule is CS(=O)(=O)N1CCC(C(CNC(=O)Nc2cc(Cl)cc(Cl)c2)c2ccc(-c3cccc(C#N)c3)cc2)CC1. The average molecular weight is 572 g/mol. The lowest BCUT2D eigenvalue weighted by molar-refractivity contribution is 0.233. The molecule has 1 heterocycles. The summed E-state index contributed by atoms with van der Waals surface area (Å²) in [5.41, 5.74) is 4.07. The first-order valence-electron chi connectivity index (χ1n) is 12.2. The maximum absolute atomic E-state index is 12.7. The van der Waals surface area contributed by atoms with Gasteiger partial charge in [0, 0.05) is 41.3 Å². The van der Waals surface area contributed by atoms with E-state index in [1.165, 1.54) is 10.6 Å². The summed E-state index contributed by atoms with van der Waals surface area (Å²) in [6, 6.07) is 22.1. The summed E-state index contributed by atoms with van der Waals surface area (Å²) in [5, 5.41) is 15.8. The molecule has 2 amide bonds. The second-order valence-electron chi connectivity index (χ2n) is 9.41. The Balaban J connectivity index is 1.51. The third-order valence-electron chi connectivity index (χ3n) is 6.80. The normalized spacial score (nSPS) is 15.4. The number of benzene rings is 3. The number of hydrogen-bond donors (Lipinski definition) is 2. The summed E-state index contributed by atoms with van der Waals surface area (Å²) >= 11 is 12.1. The fraction of sp³-hybridized carbons (Fsp3) is 0.286. The maximum atomic E-state index is 12.7. The molecule has 1 fully saturated rings. The van der Waals surface area contributed by atoms with Crippen LogP contribution in [0.25, 0.3) is 11.1 Å². The quantitative estimate of drug-likeness (QED) is 0.357. The van der Waals surface area contributed by atoms with Crippen molar-refractivity contribution in [2.24, 2.45) is 5.92 Å². The molecule has 38 heavy (non-hydrogen) atoms. The minimum atomic E-state index is -3.24. The van der Waals surface area contributed by atoms with E-state index in [4.69, 9.17) is 23.2 Å². The zero-order valence-electron chi connectivity index (χ0n) is 20.8. The monoisotopic (exact) mass is 570 g/mol. The summed E-state index contributed by atoms with van der Waals surface area (Å²) in [6.07, 6.45) is 2.62. The molecule has 1 aliphatic heterocycles. The largest absolute Gasteiger partial charge is 0.337 e. The van der Waals surface area contributed by atoms with Crippen molar-refractivity contribution >= 4 is 44.9 Å². The Morgan fingerprint density at radius 3 is 2.29 bits per heavy atom. The number of urea groups is 1. The molecule has 0 bridgehead atoms. The van der Waals surface area contributed by atoms with E-state index in [9.17, 15) is 18.5 Å². The van der Waals surface area contributed by atoms with Crippen molar-refractivity contribution in [2.45, 2.75) is 18.8 Å². The topological polar surface area (TPSA) is 102 Å². The third kappa shape index (κ3) is 7.27. The number of nitrogens with one attached hydrogen (secondary N) is 2. The van der Waals surface area contributed by atoms with Crippen LogP contribution in [-0.2, 0) is 10.0 Å². The zero-order valence-corrected chi connectivity index (χ0v) is 23.2. The second-order valence-corrected chi connectivity index (χ2v) is 12.3. The highest BCUT2D eigenvalue weighted by Crippen LogP contribution is 2.34. The predicted octanol–water partition coefficient (Wildman–Crippen LogP) is 6.11. The third-order valence-corrected chi connectivity index (χ3v) is 8.54. The predicted molar refractivity (Wildman–Crippen MR) is 152 cm³/mol. The Bertz CT molecular complexity index is 1430. The smallest absolute Gasteiger partial charge is 0.319 e. The van der Waals surface area contributed by atoms with Gasteiger partial charge < -0.3 is 10.6 Å². The number of sulfonamides is 1. The zero-order chi connectivity index (χ0) is 27.3.